The molecule has 2 N–H and O–H groups in total. The molecule has 0 heterocycles. The smallest absolute Gasteiger partial charge is 0.123 e. The van der Waals surface area contributed by atoms with E-state index in [1.54, 1.807) is 7.11 Å². The monoisotopic (exact) mass is 187 g/mol. The third-order valence-corrected chi connectivity index (χ3v) is 2.42. The van der Waals surface area contributed by atoms with E-state index in [1.165, 1.54) is 10.8 Å². The van der Waals surface area contributed by atoms with Gasteiger partial charge in [0.15, 0.2) is 0 Å². The highest BCUT2D eigenvalue weighted by Crippen LogP contribution is 2.27. The molecule has 0 fully saturated rings. The number of hydrogen-bond acceptors (Lipinski definition) is 2. The van der Waals surface area contributed by atoms with Crippen molar-refractivity contribution in [3.63, 3.8) is 0 Å². The minimum absolute atomic E-state index is 0.504. The summed E-state index contributed by atoms with van der Waals surface area (Å²) in [6.07, 6.45) is 0. The largest absolute Gasteiger partial charge is 0.496 e. The first kappa shape index (κ1) is 9.03. The van der Waals surface area contributed by atoms with E-state index < -0.39 is 0 Å². The number of hydrogen-bond donors (Lipinski definition) is 1. The fourth-order valence-corrected chi connectivity index (χ4v) is 1.72. The van der Waals surface area contributed by atoms with Gasteiger partial charge in [0.1, 0.15) is 5.75 Å². The number of nitrogens with two attached hydrogens (primary N) is 1. The van der Waals surface area contributed by atoms with Gasteiger partial charge in [-0.05, 0) is 16.8 Å². The van der Waals surface area contributed by atoms with Crippen molar-refractivity contribution in [1.82, 2.24) is 0 Å². The highest BCUT2D eigenvalue weighted by Gasteiger charge is 2.05. The van der Waals surface area contributed by atoms with E-state index in [0.29, 0.717) is 6.54 Å². The topological polar surface area (TPSA) is 35.2 Å². The van der Waals surface area contributed by atoms with E-state index in [0.717, 1.165) is 11.3 Å². The van der Waals surface area contributed by atoms with Gasteiger partial charge in [-0.1, -0.05) is 30.3 Å². The van der Waals surface area contributed by atoms with Crippen LogP contribution in [0.5, 0.6) is 5.75 Å². The first-order chi connectivity index (χ1) is 6.86. The van der Waals surface area contributed by atoms with Gasteiger partial charge >= 0.3 is 0 Å². The van der Waals surface area contributed by atoms with Crippen molar-refractivity contribution in [1.29, 1.82) is 0 Å². The van der Waals surface area contributed by atoms with Crippen molar-refractivity contribution in [2.24, 2.45) is 5.73 Å². The second-order valence-electron chi connectivity index (χ2n) is 3.17. The fourth-order valence-electron chi connectivity index (χ4n) is 1.72. The molecule has 0 radical (unpaired) electrons. The molecule has 2 heteroatoms. The highest BCUT2D eigenvalue weighted by atomic mass is 16.5. The maximum absolute atomic E-state index is 5.71. The van der Waals surface area contributed by atoms with Gasteiger partial charge in [-0.2, -0.15) is 0 Å². The van der Waals surface area contributed by atoms with Gasteiger partial charge < -0.3 is 10.5 Å². The van der Waals surface area contributed by atoms with Crippen LogP contribution in [0.2, 0.25) is 0 Å². The van der Waals surface area contributed by atoms with Crippen LogP contribution < -0.4 is 10.5 Å². The molecule has 0 amide bonds. The molecule has 0 saturated carbocycles. The van der Waals surface area contributed by atoms with Crippen LogP contribution in [0.25, 0.3) is 10.8 Å². The molecule has 0 unspecified atom stereocenters. The lowest BCUT2D eigenvalue weighted by molar-refractivity contribution is 0.410. The molecule has 2 aromatic rings. The molecule has 0 bridgehead atoms. The van der Waals surface area contributed by atoms with E-state index in [2.05, 4.69) is 12.1 Å². The average molecular weight is 187 g/mol. The van der Waals surface area contributed by atoms with Gasteiger partial charge in [-0.15, -0.1) is 0 Å². The summed E-state index contributed by atoms with van der Waals surface area (Å²) in [7, 11) is 1.67. The van der Waals surface area contributed by atoms with Crippen molar-refractivity contribution >= 4 is 10.8 Å². The van der Waals surface area contributed by atoms with Crippen molar-refractivity contribution in [2.75, 3.05) is 7.11 Å². The number of rotatable bonds is 2. The SMILES string of the molecule is COc1ccc2ccccc2c1CN. The van der Waals surface area contributed by atoms with E-state index >= 15 is 0 Å². The Morgan fingerprint density at radius 1 is 1.14 bits per heavy atom. The zero-order chi connectivity index (χ0) is 9.97. The molecule has 2 rings (SSSR count). The first-order valence-electron chi connectivity index (χ1n) is 4.61. The Balaban J connectivity index is 2.77. The Hall–Kier alpha value is -1.54. The Morgan fingerprint density at radius 3 is 2.64 bits per heavy atom. The van der Waals surface area contributed by atoms with Crippen LogP contribution in [-0.4, -0.2) is 7.11 Å². The molecule has 0 saturated heterocycles. The molecule has 0 aliphatic heterocycles. The summed E-state index contributed by atoms with van der Waals surface area (Å²) in [6, 6.07) is 12.2. The van der Waals surface area contributed by atoms with E-state index in [9.17, 15) is 0 Å². The quantitative estimate of drug-likeness (QED) is 0.783. The third kappa shape index (κ3) is 1.34. The summed E-state index contributed by atoms with van der Waals surface area (Å²) in [6.45, 7) is 0.504. The molecule has 0 aliphatic rings. The molecule has 72 valence electrons. The molecule has 0 spiro atoms. The molecule has 14 heavy (non-hydrogen) atoms. The molecule has 0 atom stereocenters. The summed E-state index contributed by atoms with van der Waals surface area (Å²) in [5, 5.41) is 2.38. The van der Waals surface area contributed by atoms with Crippen LogP contribution in [0.15, 0.2) is 36.4 Å². The van der Waals surface area contributed by atoms with Crippen molar-refractivity contribution in [3.05, 3.63) is 42.0 Å². The van der Waals surface area contributed by atoms with Crippen molar-refractivity contribution in [3.8, 4) is 5.75 Å². The summed E-state index contributed by atoms with van der Waals surface area (Å²) in [5.41, 5.74) is 6.79. The van der Waals surface area contributed by atoms with Crippen LogP contribution in [0.4, 0.5) is 0 Å². The predicted octanol–water partition coefficient (Wildman–Crippen LogP) is 2.31. The van der Waals surface area contributed by atoms with E-state index in [-0.39, 0.29) is 0 Å². The van der Waals surface area contributed by atoms with E-state index in [4.69, 9.17) is 10.5 Å². The first-order valence-corrected chi connectivity index (χ1v) is 4.61. The summed E-state index contributed by atoms with van der Waals surface area (Å²) < 4.78 is 5.26. The Kier molecular flexibility index (Phi) is 2.37. The Labute approximate surface area is 83.3 Å². The molecule has 2 nitrogen and oxygen atoms in total. The fraction of sp³-hybridized carbons (Fsp3) is 0.167. The third-order valence-electron chi connectivity index (χ3n) is 2.42. The standard InChI is InChI=1S/C12H13NO/c1-14-12-7-6-9-4-2-3-5-10(9)11(12)8-13/h2-7H,8,13H2,1H3. The zero-order valence-corrected chi connectivity index (χ0v) is 8.16. The van der Waals surface area contributed by atoms with Gasteiger partial charge in [0.2, 0.25) is 0 Å². The molecule has 0 aromatic heterocycles. The van der Waals surface area contributed by atoms with Crippen molar-refractivity contribution in [2.45, 2.75) is 6.54 Å². The number of fused-ring (bicyclic) bond motifs is 1. The maximum atomic E-state index is 5.71. The predicted molar refractivity (Wildman–Crippen MR) is 58.4 cm³/mol. The van der Waals surface area contributed by atoms with Crippen LogP contribution in [-0.2, 0) is 6.54 Å². The summed E-state index contributed by atoms with van der Waals surface area (Å²) >= 11 is 0. The molecular weight excluding hydrogens is 174 g/mol. The maximum Gasteiger partial charge on any atom is 0.123 e. The zero-order valence-electron chi connectivity index (χ0n) is 8.16. The molecular formula is C12H13NO. The Bertz CT molecular complexity index is 451. The average Bonchev–Trinajstić information content (AvgIpc) is 2.27. The van der Waals surface area contributed by atoms with Gasteiger partial charge in [0.25, 0.3) is 0 Å². The molecule has 2 aromatic carbocycles. The number of methoxy groups -OCH3 is 1. The normalized spacial score (nSPS) is 10.4. The highest BCUT2D eigenvalue weighted by molar-refractivity contribution is 5.87. The summed E-state index contributed by atoms with van der Waals surface area (Å²) in [5.74, 6) is 0.867. The van der Waals surface area contributed by atoms with Gasteiger partial charge in [-0.25, -0.2) is 0 Å². The minimum Gasteiger partial charge on any atom is -0.496 e. The lowest BCUT2D eigenvalue weighted by Crippen LogP contribution is -2.00. The van der Waals surface area contributed by atoms with Crippen LogP contribution in [0.3, 0.4) is 0 Å². The van der Waals surface area contributed by atoms with Gasteiger partial charge in [-0.3, -0.25) is 0 Å². The van der Waals surface area contributed by atoms with Gasteiger partial charge in [0.05, 0.1) is 7.11 Å². The summed E-state index contributed by atoms with van der Waals surface area (Å²) in [4.78, 5) is 0. The second-order valence-corrected chi connectivity index (χ2v) is 3.17. The van der Waals surface area contributed by atoms with E-state index in [1.807, 2.05) is 24.3 Å². The van der Waals surface area contributed by atoms with Crippen LogP contribution in [0.1, 0.15) is 5.56 Å². The van der Waals surface area contributed by atoms with Gasteiger partial charge in [0, 0.05) is 12.1 Å². The minimum atomic E-state index is 0.504. The van der Waals surface area contributed by atoms with Crippen molar-refractivity contribution < 1.29 is 4.74 Å². The lowest BCUT2D eigenvalue weighted by Gasteiger charge is -2.09. The van der Waals surface area contributed by atoms with Crippen LogP contribution in [0, 0.1) is 0 Å². The lowest BCUT2D eigenvalue weighted by atomic mass is 10.0. The molecule has 0 aliphatic carbocycles. The Morgan fingerprint density at radius 2 is 1.93 bits per heavy atom. The number of ether oxygens (including phenoxy) is 1. The number of benzene rings is 2. The second kappa shape index (κ2) is 3.68. The van der Waals surface area contributed by atoms with Crippen LogP contribution >= 0.6 is 0 Å².